The molecule has 1 saturated carbocycles. The van der Waals surface area contributed by atoms with E-state index in [4.69, 9.17) is 0 Å². The normalized spacial score (nSPS) is 38.6. The summed E-state index contributed by atoms with van der Waals surface area (Å²) in [5.74, 6) is 1.17. The van der Waals surface area contributed by atoms with Crippen LogP contribution in [-0.2, 0) is 0 Å². The van der Waals surface area contributed by atoms with E-state index in [1.165, 1.54) is 0 Å². The van der Waals surface area contributed by atoms with Gasteiger partial charge in [-0.3, -0.25) is 4.39 Å². The van der Waals surface area contributed by atoms with Gasteiger partial charge in [0.1, 0.15) is 0 Å². The van der Waals surface area contributed by atoms with Gasteiger partial charge in [0.25, 0.3) is 0 Å². The molecule has 0 heterocycles. The first kappa shape index (κ1) is 5.79. The van der Waals surface area contributed by atoms with E-state index in [1.54, 1.807) is 0 Å². The molecular weight excluding hydrogens is 206 g/mol. The summed E-state index contributed by atoms with van der Waals surface area (Å²) in [4.78, 5) is 0. The molecule has 0 radical (unpaired) electrons. The lowest BCUT2D eigenvalue weighted by atomic mass is 10.4. The second kappa shape index (κ2) is 2.29. The standard InChI is InChI=1S/C5H8FI/c6-2-4-1-5(4)3-7/h4-5H,1-3H2/t4-,5-/m0/s1. The topological polar surface area (TPSA) is 0 Å². The fourth-order valence-corrected chi connectivity index (χ4v) is 1.77. The number of halogens is 2. The molecular formula is C5H8FI. The van der Waals surface area contributed by atoms with Crippen molar-refractivity contribution in [3.8, 4) is 0 Å². The lowest BCUT2D eigenvalue weighted by molar-refractivity contribution is 0.446. The minimum absolute atomic E-state index is 0.0896. The Labute approximate surface area is 56.6 Å². The number of rotatable bonds is 2. The largest absolute Gasteiger partial charge is 0.251 e. The van der Waals surface area contributed by atoms with Gasteiger partial charge in [0.05, 0.1) is 6.67 Å². The number of hydrogen-bond donors (Lipinski definition) is 0. The molecule has 2 atom stereocenters. The van der Waals surface area contributed by atoms with Gasteiger partial charge < -0.3 is 0 Å². The number of alkyl halides is 2. The Hall–Kier alpha value is 0.660. The van der Waals surface area contributed by atoms with Crippen LogP contribution in [0.4, 0.5) is 4.39 Å². The molecule has 0 unspecified atom stereocenters. The van der Waals surface area contributed by atoms with Crippen LogP contribution in [0.5, 0.6) is 0 Å². The minimum Gasteiger partial charge on any atom is -0.251 e. The third-order valence-electron chi connectivity index (χ3n) is 1.47. The van der Waals surface area contributed by atoms with E-state index >= 15 is 0 Å². The van der Waals surface area contributed by atoms with E-state index < -0.39 is 0 Å². The van der Waals surface area contributed by atoms with E-state index in [0.29, 0.717) is 5.92 Å². The second-order valence-electron chi connectivity index (χ2n) is 2.06. The predicted octanol–water partition coefficient (Wildman–Crippen LogP) is 2.03. The Morgan fingerprint density at radius 1 is 1.57 bits per heavy atom. The first-order valence-corrected chi connectivity index (χ1v) is 4.03. The third-order valence-corrected chi connectivity index (χ3v) is 2.60. The highest BCUT2D eigenvalue weighted by Gasteiger charge is 2.35. The highest BCUT2D eigenvalue weighted by Crippen LogP contribution is 2.39. The van der Waals surface area contributed by atoms with Crippen LogP contribution in [0.25, 0.3) is 0 Å². The van der Waals surface area contributed by atoms with Crippen molar-refractivity contribution in [1.82, 2.24) is 0 Å². The van der Waals surface area contributed by atoms with Crippen molar-refractivity contribution in [3.63, 3.8) is 0 Å². The summed E-state index contributed by atoms with van der Waals surface area (Å²) in [6.07, 6.45) is 1.14. The molecule has 0 nitrogen and oxygen atoms in total. The molecule has 0 N–H and O–H groups in total. The molecule has 1 aliphatic rings. The average molecular weight is 214 g/mol. The van der Waals surface area contributed by atoms with Gasteiger partial charge in [0, 0.05) is 4.43 Å². The van der Waals surface area contributed by atoms with Gasteiger partial charge in [-0.2, -0.15) is 0 Å². The van der Waals surface area contributed by atoms with Gasteiger partial charge >= 0.3 is 0 Å². The molecule has 0 aromatic heterocycles. The lowest BCUT2D eigenvalue weighted by Gasteiger charge is -1.81. The zero-order valence-corrected chi connectivity index (χ0v) is 6.19. The molecule has 7 heavy (non-hydrogen) atoms. The zero-order valence-electron chi connectivity index (χ0n) is 4.03. The van der Waals surface area contributed by atoms with Crippen LogP contribution in [-0.4, -0.2) is 11.1 Å². The Bertz CT molecular complexity index is 57.1. The highest BCUT2D eigenvalue weighted by molar-refractivity contribution is 14.1. The molecule has 1 aliphatic carbocycles. The Kier molecular flexibility index (Phi) is 1.89. The van der Waals surface area contributed by atoms with Crippen molar-refractivity contribution in [1.29, 1.82) is 0 Å². The minimum atomic E-state index is -0.0896. The monoisotopic (exact) mass is 214 g/mol. The van der Waals surface area contributed by atoms with Crippen molar-refractivity contribution < 1.29 is 4.39 Å². The maximum Gasteiger partial charge on any atom is 0.0925 e. The summed E-state index contributed by atoms with van der Waals surface area (Å²) < 4.78 is 12.8. The van der Waals surface area contributed by atoms with E-state index in [0.717, 1.165) is 16.8 Å². The highest BCUT2D eigenvalue weighted by atomic mass is 127. The molecule has 0 saturated heterocycles. The second-order valence-corrected chi connectivity index (χ2v) is 2.95. The number of hydrogen-bond acceptors (Lipinski definition) is 0. The fourth-order valence-electron chi connectivity index (χ4n) is 0.688. The molecule has 1 fully saturated rings. The summed E-state index contributed by atoms with van der Waals surface area (Å²) in [6, 6.07) is 0. The van der Waals surface area contributed by atoms with Crippen LogP contribution >= 0.6 is 22.6 Å². The smallest absolute Gasteiger partial charge is 0.0925 e. The first-order chi connectivity index (χ1) is 3.38. The van der Waals surface area contributed by atoms with Gasteiger partial charge in [0.2, 0.25) is 0 Å². The molecule has 0 spiro atoms. The molecule has 42 valence electrons. The van der Waals surface area contributed by atoms with Gasteiger partial charge in [0.15, 0.2) is 0 Å². The van der Waals surface area contributed by atoms with Crippen LogP contribution in [0, 0.1) is 11.8 Å². The summed E-state index contributed by atoms with van der Waals surface area (Å²) in [6.45, 7) is -0.0896. The van der Waals surface area contributed by atoms with Crippen molar-refractivity contribution >= 4 is 22.6 Å². The van der Waals surface area contributed by atoms with Crippen LogP contribution in [0.3, 0.4) is 0 Å². The van der Waals surface area contributed by atoms with E-state index in [1.807, 2.05) is 0 Å². The maximum atomic E-state index is 11.6. The van der Waals surface area contributed by atoms with Crippen LogP contribution in [0.2, 0.25) is 0 Å². The van der Waals surface area contributed by atoms with E-state index in [-0.39, 0.29) is 6.67 Å². The zero-order chi connectivity index (χ0) is 5.28. The Morgan fingerprint density at radius 2 is 2.29 bits per heavy atom. The van der Waals surface area contributed by atoms with Gasteiger partial charge in [-0.1, -0.05) is 22.6 Å². The molecule has 0 aromatic rings. The maximum absolute atomic E-state index is 11.6. The van der Waals surface area contributed by atoms with Crippen molar-refractivity contribution in [3.05, 3.63) is 0 Å². The van der Waals surface area contributed by atoms with E-state index in [2.05, 4.69) is 22.6 Å². The Morgan fingerprint density at radius 3 is 2.43 bits per heavy atom. The van der Waals surface area contributed by atoms with Gasteiger partial charge in [-0.25, -0.2) is 0 Å². The molecule has 0 amide bonds. The van der Waals surface area contributed by atoms with Gasteiger partial charge in [-0.05, 0) is 18.3 Å². The average Bonchev–Trinajstić information content (AvgIpc) is 2.43. The van der Waals surface area contributed by atoms with Crippen molar-refractivity contribution in [2.45, 2.75) is 6.42 Å². The summed E-state index contributed by atoms with van der Waals surface area (Å²) in [7, 11) is 0. The quantitative estimate of drug-likeness (QED) is 0.487. The summed E-state index contributed by atoms with van der Waals surface area (Å²) in [5, 5.41) is 0. The molecule has 2 heteroatoms. The van der Waals surface area contributed by atoms with Crippen LogP contribution in [0.15, 0.2) is 0 Å². The van der Waals surface area contributed by atoms with Crippen LogP contribution < -0.4 is 0 Å². The Balaban J connectivity index is 2.06. The molecule has 0 aliphatic heterocycles. The molecule has 0 aromatic carbocycles. The summed E-state index contributed by atoms with van der Waals surface area (Å²) in [5.41, 5.74) is 0. The third kappa shape index (κ3) is 1.27. The SMILES string of the molecule is FC[C@@H]1C[C@H]1CI. The predicted molar refractivity (Wildman–Crippen MR) is 36.5 cm³/mol. The summed E-state index contributed by atoms with van der Waals surface area (Å²) >= 11 is 2.31. The van der Waals surface area contributed by atoms with E-state index in [9.17, 15) is 4.39 Å². The van der Waals surface area contributed by atoms with Crippen LogP contribution in [0.1, 0.15) is 6.42 Å². The fraction of sp³-hybridized carbons (Fsp3) is 1.00. The first-order valence-electron chi connectivity index (χ1n) is 2.50. The molecule has 0 bridgehead atoms. The van der Waals surface area contributed by atoms with Gasteiger partial charge in [-0.15, -0.1) is 0 Å². The lowest BCUT2D eigenvalue weighted by Crippen LogP contribution is -1.82. The van der Waals surface area contributed by atoms with Crippen molar-refractivity contribution in [2.75, 3.05) is 11.1 Å². The van der Waals surface area contributed by atoms with Crippen molar-refractivity contribution in [2.24, 2.45) is 11.8 Å². The molecule has 1 rings (SSSR count).